The Labute approximate surface area is 108 Å². The highest BCUT2D eigenvalue weighted by Crippen LogP contribution is 2.46. The molecule has 0 aromatic heterocycles. The smallest absolute Gasteiger partial charge is 0.221 e. The predicted molar refractivity (Wildman–Crippen MR) is 68.1 cm³/mol. The van der Waals surface area contributed by atoms with E-state index in [2.05, 4.69) is 21.2 Å². The van der Waals surface area contributed by atoms with Crippen molar-refractivity contribution in [3.63, 3.8) is 0 Å². The van der Waals surface area contributed by atoms with E-state index < -0.39 is 0 Å². The first-order valence-electron chi connectivity index (χ1n) is 4.81. The molecule has 6 heteroatoms. The van der Waals surface area contributed by atoms with Crippen molar-refractivity contribution in [3.8, 4) is 17.2 Å². The molecule has 94 valence electrons. The summed E-state index contributed by atoms with van der Waals surface area (Å²) in [6.45, 7) is 1.43. The summed E-state index contributed by atoms with van der Waals surface area (Å²) in [5.74, 6) is 1.24. The van der Waals surface area contributed by atoms with Crippen LogP contribution in [0.1, 0.15) is 6.92 Å². The van der Waals surface area contributed by atoms with Crippen molar-refractivity contribution >= 4 is 27.5 Å². The Morgan fingerprint density at radius 2 is 1.76 bits per heavy atom. The zero-order valence-electron chi connectivity index (χ0n) is 10.1. The quantitative estimate of drug-likeness (QED) is 0.928. The van der Waals surface area contributed by atoms with E-state index in [-0.39, 0.29) is 5.91 Å². The van der Waals surface area contributed by atoms with Gasteiger partial charge in [-0.1, -0.05) is 0 Å². The number of nitrogens with one attached hydrogen (secondary N) is 1. The molecule has 0 heterocycles. The van der Waals surface area contributed by atoms with Gasteiger partial charge in [-0.15, -0.1) is 0 Å². The van der Waals surface area contributed by atoms with Crippen LogP contribution < -0.4 is 19.5 Å². The van der Waals surface area contributed by atoms with Crippen molar-refractivity contribution in [2.45, 2.75) is 6.92 Å². The number of hydrogen-bond acceptors (Lipinski definition) is 4. The van der Waals surface area contributed by atoms with Gasteiger partial charge in [0.15, 0.2) is 11.5 Å². The lowest BCUT2D eigenvalue weighted by Crippen LogP contribution is -2.07. The fourth-order valence-corrected chi connectivity index (χ4v) is 1.96. The Balaban J connectivity index is 3.39. The zero-order valence-corrected chi connectivity index (χ0v) is 11.7. The summed E-state index contributed by atoms with van der Waals surface area (Å²) < 4.78 is 16.2. The van der Waals surface area contributed by atoms with Crippen molar-refractivity contribution < 1.29 is 19.0 Å². The molecular formula is C11H14BrNO4. The Hall–Kier alpha value is -1.43. The molecule has 17 heavy (non-hydrogen) atoms. The van der Waals surface area contributed by atoms with Gasteiger partial charge in [0, 0.05) is 13.0 Å². The van der Waals surface area contributed by atoms with E-state index in [0.717, 1.165) is 0 Å². The first kappa shape index (κ1) is 13.6. The van der Waals surface area contributed by atoms with E-state index in [9.17, 15) is 4.79 Å². The topological polar surface area (TPSA) is 56.8 Å². The molecule has 0 bridgehead atoms. The third-order valence-corrected chi connectivity index (χ3v) is 2.87. The number of anilines is 1. The molecule has 0 atom stereocenters. The summed E-state index contributed by atoms with van der Waals surface area (Å²) in [7, 11) is 4.55. The van der Waals surface area contributed by atoms with Crippen LogP contribution in [0, 0.1) is 0 Å². The third-order valence-electron chi connectivity index (χ3n) is 2.08. The molecule has 0 aliphatic carbocycles. The molecule has 5 nitrogen and oxygen atoms in total. The zero-order chi connectivity index (χ0) is 13.0. The maximum atomic E-state index is 11.1. The number of carbonyl (C=O) groups is 1. The van der Waals surface area contributed by atoms with E-state index in [0.29, 0.717) is 27.4 Å². The van der Waals surface area contributed by atoms with Gasteiger partial charge in [0.2, 0.25) is 11.7 Å². The standard InChI is InChI=1S/C11H14BrNO4/c1-6(14)13-7-5-8(15-2)10(16-3)11(17-4)9(7)12/h5H,1-4H3,(H,13,14). The molecule has 0 aliphatic rings. The number of rotatable bonds is 4. The largest absolute Gasteiger partial charge is 0.493 e. The van der Waals surface area contributed by atoms with Crippen LogP contribution >= 0.6 is 15.9 Å². The molecule has 1 rings (SSSR count). The molecule has 0 spiro atoms. The molecule has 0 saturated heterocycles. The van der Waals surface area contributed by atoms with Gasteiger partial charge in [-0.2, -0.15) is 0 Å². The average molecular weight is 304 g/mol. The number of methoxy groups -OCH3 is 3. The number of halogens is 1. The monoisotopic (exact) mass is 303 g/mol. The van der Waals surface area contributed by atoms with E-state index >= 15 is 0 Å². The van der Waals surface area contributed by atoms with Crippen LogP contribution in [0.2, 0.25) is 0 Å². The maximum Gasteiger partial charge on any atom is 0.221 e. The molecule has 0 fully saturated rings. The number of carbonyl (C=O) groups excluding carboxylic acids is 1. The van der Waals surface area contributed by atoms with E-state index in [1.54, 1.807) is 6.07 Å². The second kappa shape index (κ2) is 5.77. The Morgan fingerprint density at radius 1 is 1.18 bits per heavy atom. The SMILES string of the molecule is COc1cc(NC(C)=O)c(Br)c(OC)c1OC. The van der Waals surface area contributed by atoms with Crippen LogP contribution in [0.5, 0.6) is 17.2 Å². The van der Waals surface area contributed by atoms with Gasteiger partial charge in [-0.25, -0.2) is 0 Å². The van der Waals surface area contributed by atoms with Crippen molar-refractivity contribution in [3.05, 3.63) is 10.5 Å². The summed E-state index contributed by atoms with van der Waals surface area (Å²) in [5, 5.41) is 2.67. The van der Waals surface area contributed by atoms with E-state index in [1.165, 1.54) is 28.3 Å². The van der Waals surface area contributed by atoms with E-state index in [4.69, 9.17) is 14.2 Å². The molecule has 0 radical (unpaired) electrons. The molecule has 0 unspecified atom stereocenters. The summed E-state index contributed by atoms with van der Waals surface area (Å²) in [6, 6.07) is 1.66. The Bertz CT molecular complexity index is 434. The molecule has 1 aromatic rings. The van der Waals surface area contributed by atoms with Crippen LogP contribution in [0.25, 0.3) is 0 Å². The van der Waals surface area contributed by atoms with Crippen molar-refractivity contribution in [1.29, 1.82) is 0 Å². The van der Waals surface area contributed by atoms with Crippen LogP contribution in [-0.2, 0) is 4.79 Å². The van der Waals surface area contributed by atoms with Crippen molar-refractivity contribution in [2.24, 2.45) is 0 Å². The van der Waals surface area contributed by atoms with Gasteiger partial charge in [-0.05, 0) is 15.9 Å². The molecule has 0 aliphatic heterocycles. The number of ether oxygens (including phenoxy) is 3. The van der Waals surface area contributed by atoms with Gasteiger partial charge in [0.05, 0.1) is 31.5 Å². The van der Waals surface area contributed by atoms with Crippen molar-refractivity contribution in [2.75, 3.05) is 26.6 Å². The van der Waals surface area contributed by atoms with Crippen LogP contribution in [0.4, 0.5) is 5.69 Å². The van der Waals surface area contributed by atoms with Crippen LogP contribution in [0.15, 0.2) is 10.5 Å². The average Bonchev–Trinajstić information content (AvgIpc) is 2.30. The van der Waals surface area contributed by atoms with Crippen LogP contribution in [0.3, 0.4) is 0 Å². The molecule has 1 aromatic carbocycles. The van der Waals surface area contributed by atoms with Crippen LogP contribution in [-0.4, -0.2) is 27.2 Å². The Kier molecular flexibility index (Phi) is 4.62. The molecule has 1 N–H and O–H groups in total. The highest BCUT2D eigenvalue weighted by Gasteiger charge is 2.19. The second-order valence-electron chi connectivity index (χ2n) is 3.19. The Morgan fingerprint density at radius 3 is 2.18 bits per heavy atom. The van der Waals surface area contributed by atoms with Gasteiger partial charge in [-0.3, -0.25) is 4.79 Å². The summed E-state index contributed by atoms with van der Waals surface area (Å²) in [5.41, 5.74) is 0.562. The van der Waals surface area contributed by atoms with E-state index in [1.807, 2.05) is 0 Å². The number of benzene rings is 1. The lowest BCUT2D eigenvalue weighted by Gasteiger charge is -2.16. The first-order valence-corrected chi connectivity index (χ1v) is 5.60. The second-order valence-corrected chi connectivity index (χ2v) is 3.98. The van der Waals surface area contributed by atoms with Gasteiger partial charge < -0.3 is 19.5 Å². The van der Waals surface area contributed by atoms with Gasteiger partial charge in [0.1, 0.15) is 0 Å². The minimum Gasteiger partial charge on any atom is -0.493 e. The highest BCUT2D eigenvalue weighted by molar-refractivity contribution is 9.10. The number of amides is 1. The lowest BCUT2D eigenvalue weighted by atomic mass is 10.2. The van der Waals surface area contributed by atoms with Gasteiger partial charge in [0.25, 0.3) is 0 Å². The third kappa shape index (κ3) is 2.82. The lowest BCUT2D eigenvalue weighted by molar-refractivity contribution is -0.114. The number of hydrogen-bond donors (Lipinski definition) is 1. The van der Waals surface area contributed by atoms with Crippen molar-refractivity contribution in [1.82, 2.24) is 0 Å². The minimum absolute atomic E-state index is 0.181. The molecule has 0 saturated carbocycles. The molecule has 1 amide bonds. The molecular weight excluding hydrogens is 290 g/mol. The predicted octanol–water partition coefficient (Wildman–Crippen LogP) is 2.43. The fraction of sp³-hybridized carbons (Fsp3) is 0.364. The highest BCUT2D eigenvalue weighted by atomic mass is 79.9. The summed E-state index contributed by atoms with van der Waals surface area (Å²) in [4.78, 5) is 11.1. The summed E-state index contributed by atoms with van der Waals surface area (Å²) >= 11 is 3.35. The van der Waals surface area contributed by atoms with Gasteiger partial charge >= 0.3 is 0 Å². The summed E-state index contributed by atoms with van der Waals surface area (Å²) in [6.07, 6.45) is 0. The normalized spacial score (nSPS) is 9.71. The minimum atomic E-state index is -0.181. The fourth-order valence-electron chi connectivity index (χ4n) is 1.40. The maximum absolute atomic E-state index is 11.1. The first-order chi connectivity index (χ1) is 8.04.